The van der Waals surface area contributed by atoms with Gasteiger partial charge in [-0.3, -0.25) is 4.79 Å². The third kappa shape index (κ3) is 2.66. The molecule has 3 heteroatoms. The van der Waals surface area contributed by atoms with Gasteiger partial charge in [-0.15, -0.1) is 0 Å². The molecule has 106 valence electrons. The van der Waals surface area contributed by atoms with Crippen LogP contribution in [0.1, 0.15) is 47.7 Å². The Labute approximate surface area is 116 Å². The molecule has 1 unspecified atom stereocenters. The highest BCUT2D eigenvalue weighted by Crippen LogP contribution is 2.37. The summed E-state index contributed by atoms with van der Waals surface area (Å²) in [6, 6.07) is 1.78. The summed E-state index contributed by atoms with van der Waals surface area (Å²) in [5.74, 6) is -0.280. The van der Waals surface area contributed by atoms with Gasteiger partial charge in [0.25, 0.3) is 0 Å². The van der Waals surface area contributed by atoms with E-state index in [1.54, 1.807) is 0 Å². The van der Waals surface area contributed by atoms with Crippen molar-refractivity contribution in [3.05, 3.63) is 33.9 Å². The summed E-state index contributed by atoms with van der Waals surface area (Å²) in [5.41, 5.74) is 11.4. The van der Waals surface area contributed by atoms with E-state index in [0.717, 1.165) is 16.7 Å². The van der Waals surface area contributed by atoms with Gasteiger partial charge in [-0.1, -0.05) is 6.07 Å². The lowest BCUT2D eigenvalue weighted by Crippen LogP contribution is -2.38. The lowest BCUT2D eigenvalue weighted by atomic mass is 9.76. The van der Waals surface area contributed by atoms with E-state index < -0.39 is 5.41 Å². The highest BCUT2D eigenvalue weighted by Gasteiger charge is 2.38. The first-order valence-corrected chi connectivity index (χ1v) is 6.55. The van der Waals surface area contributed by atoms with Gasteiger partial charge in [-0.05, 0) is 69.4 Å². The lowest BCUT2D eigenvalue weighted by Gasteiger charge is -2.32. The summed E-state index contributed by atoms with van der Waals surface area (Å²) in [6.45, 7) is 11.9. The Balaban J connectivity index is 3.42. The number of nitrogens with two attached hydrogens (primary N) is 1. The smallest absolute Gasteiger partial charge is 0.313 e. The minimum atomic E-state index is -0.746. The van der Waals surface area contributed by atoms with Crippen LogP contribution in [0.2, 0.25) is 0 Å². The van der Waals surface area contributed by atoms with E-state index in [4.69, 9.17) is 10.5 Å². The van der Waals surface area contributed by atoms with E-state index >= 15 is 0 Å². The molecular weight excluding hydrogens is 238 g/mol. The zero-order valence-electron chi connectivity index (χ0n) is 13.0. The van der Waals surface area contributed by atoms with Crippen LogP contribution >= 0.6 is 0 Å². The molecule has 0 aromatic heterocycles. The summed E-state index contributed by atoms with van der Waals surface area (Å²) in [6.07, 6.45) is 0. The molecule has 1 aromatic rings. The zero-order valence-corrected chi connectivity index (χ0v) is 13.0. The van der Waals surface area contributed by atoms with Crippen molar-refractivity contribution in [1.29, 1.82) is 0 Å². The maximum atomic E-state index is 11.9. The van der Waals surface area contributed by atoms with Crippen LogP contribution in [0.5, 0.6) is 0 Å². The molecule has 3 nitrogen and oxygen atoms in total. The van der Waals surface area contributed by atoms with Gasteiger partial charge in [0.05, 0.1) is 12.5 Å². The van der Waals surface area contributed by atoms with Crippen molar-refractivity contribution in [3.63, 3.8) is 0 Å². The molecule has 1 atom stereocenters. The molecule has 0 saturated carbocycles. The molecule has 0 aliphatic carbocycles. The average molecular weight is 263 g/mol. The molecule has 0 aliphatic heterocycles. The van der Waals surface area contributed by atoms with Crippen LogP contribution in [0.4, 0.5) is 0 Å². The quantitative estimate of drug-likeness (QED) is 0.852. The van der Waals surface area contributed by atoms with Gasteiger partial charge >= 0.3 is 5.97 Å². The van der Waals surface area contributed by atoms with Crippen molar-refractivity contribution >= 4 is 5.97 Å². The Kier molecular flexibility index (Phi) is 4.41. The molecule has 0 heterocycles. The molecular formula is C16H25NO2. The number of ether oxygens (including phenoxy) is 1. The monoisotopic (exact) mass is 263 g/mol. The first kappa shape index (κ1) is 15.7. The Hall–Kier alpha value is -1.35. The maximum Gasteiger partial charge on any atom is 0.313 e. The number of esters is 1. The fraction of sp³-hybridized carbons (Fsp3) is 0.562. The van der Waals surface area contributed by atoms with Crippen molar-refractivity contribution in [1.82, 2.24) is 0 Å². The van der Waals surface area contributed by atoms with Gasteiger partial charge in [0, 0.05) is 6.04 Å². The van der Waals surface area contributed by atoms with Crippen LogP contribution < -0.4 is 5.73 Å². The summed E-state index contributed by atoms with van der Waals surface area (Å²) in [4.78, 5) is 11.9. The number of rotatable bonds is 3. The van der Waals surface area contributed by atoms with E-state index in [-0.39, 0.29) is 12.0 Å². The Morgan fingerprint density at radius 1 is 1.16 bits per heavy atom. The zero-order chi connectivity index (χ0) is 15.0. The molecule has 0 fully saturated rings. The normalized spacial score (nSPS) is 13.3. The van der Waals surface area contributed by atoms with Crippen LogP contribution in [0.25, 0.3) is 0 Å². The first-order chi connectivity index (χ1) is 8.64. The fourth-order valence-corrected chi connectivity index (χ4v) is 2.46. The number of aryl methyl sites for hydroxylation is 2. The third-order valence-corrected chi connectivity index (χ3v) is 4.22. The van der Waals surface area contributed by atoms with Gasteiger partial charge in [0.2, 0.25) is 0 Å². The molecule has 1 aromatic carbocycles. The predicted molar refractivity (Wildman–Crippen MR) is 78.1 cm³/mol. The summed E-state index contributed by atoms with van der Waals surface area (Å²) in [7, 11) is 1.40. The van der Waals surface area contributed by atoms with Crippen LogP contribution in [0.3, 0.4) is 0 Å². The minimum absolute atomic E-state index is 0.280. The largest absolute Gasteiger partial charge is 0.469 e. The summed E-state index contributed by atoms with van der Waals surface area (Å²) in [5, 5.41) is 0. The van der Waals surface area contributed by atoms with E-state index in [1.807, 2.05) is 13.8 Å². The number of benzene rings is 1. The molecule has 0 spiro atoms. The average Bonchev–Trinajstić information content (AvgIpc) is 2.35. The van der Waals surface area contributed by atoms with Crippen LogP contribution in [-0.4, -0.2) is 13.1 Å². The predicted octanol–water partition coefficient (Wildman–Crippen LogP) is 3.12. The molecule has 2 N–H and O–H groups in total. The van der Waals surface area contributed by atoms with Gasteiger partial charge in [-0.25, -0.2) is 0 Å². The second kappa shape index (κ2) is 5.33. The van der Waals surface area contributed by atoms with Gasteiger partial charge in [-0.2, -0.15) is 0 Å². The van der Waals surface area contributed by atoms with Crippen LogP contribution in [0, 0.1) is 33.1 Å². The summed E-state index contributed by atoms with van der Waals surface area (Å²) >= 11 is 0. The molecule has 0 aliphatic rings. The van der Waals surface area contributed by atoms with Crippen LogP contribution in [-0.2, 0) is 9.53 Å². The van der Waals surface area contributed by atoms with E-state index in [9.17, 15) is 4.79 Å². The van der Waals surface area contributed by atoms with E-state index in [2.05, 4.69) is 33.8 Å². The minimum Gasteiger partial charge on any atom is -0.469 e. The summed E-state index contributed by atoms with van der Waals surface area (Å²) < 4.78 is 4.88. The molecule has 19 heavy (non-hydrogen) atoms. The van der Waals surface area contributed by atoms with Gasteiger partial charge in [0.1, 0.15) is 0 Å². The van der Waals surface area contributed by atoms with Gasteiger partial charge in [0.15, 0.2) is 0 Å². The van der Waals surface area contributed by atoms with E-state index in [0.29, 0.717) is 0 Å². The second-order valence-electron chi connectivity index (χ2n) is 5.86. The molecule has 0 radical (unpaired) electrons. The maximum absolute atomic E-state index is 11.9. The Morgan fingerprint density at radius 2 is 1.58 bits per heavy atom. The SMILES string of the molecule is COC(=O)C(C)(C)C(N)c1c(C)c(C)cc(C)c1C. The third-order valence-electron chi connectivity index (χ3n) is 4.22. The highest BCUT2D eigenvalue weighted by atomic mass is 16.5. The number of hydrogen-bond donors (Lipinski definition) is 1. The van der Waals surface area contributed by atoms with Crippen molar-refractivity contribution in [3.8, 4) is 0 Å². The number of carbonyl (C=O) groups excluding carboxylic acids is 1. The topological polar surface area (TPSA) is 52.3 Å². The highest BCUT2D eigenvalue weighted by molar-refractivity contribution is 5.77. The van der Waals surface area contributed by atoms with Crippen molar-refractivity contribution in [2.24, 2.45) is 11.1 Å². The van der Waals surface area contributed by atoms with Crippen molar-refractivity contribution < 1.29 is 9.53 Å². The molecule has 0 amide bonds. The van der Waals surface area contributed by atoms with E-state index in [1.165, 1.54) is 18.2 Å². The Bertz CT molecular complexity index is 478. The second-order valence-corrected chi connectivity index (χ2v) is 5.86. The fourth-order valence-electron chi connectivity index (χ4n) is 2.46. The van der Waals surface area contributed by atoms with Gasteiger partial charge < -0.3 is 10.5 Å². The lowest BCUT2D eigenvalue weighted by molar-refractivity contribution is -0.152. The molecule has 0 bridgehead atoms. The number of carbonyl (C=O) groups is 1. The van der Waals surface area contributed by atoms with Crippen molar-refractivity contribution in [2.75, 3.05) is 7.11 Å². The molecule has 1 rings (SSSR count). The first-order valence-electron chi connectivity index (χ1n) is 6.55. The number of methoxy groups -OCH3 is 1. The Morgan fingerprint density at radius 3 is 1.95 bits per heavy atom. The standard InChI is InChI=1S/C16H25NO2/c1-9-8-10(2)12(4)13(11(9)3)14(17)16(5,6)15(18)19-7/h8,14H,17H2,1-7H3. The van der Waals surface area contributed by atoms with Crippen molar-refractivity contribution in [2.45, 2.75) is 47.6 Å². The van der Waals surface area contributed by atoms with Crippen LogP contribution in [0.15, 0.2) is 6.07 Å². The number of hydrogen-bond acceptors (Lipinski definition) is 3. The molecule has 0 saturated heterocycles.